The third kappa shape index (κ3) is 6.31. The van der Waals surface area contributed by atoms with Crippen LogP contribution in [0.2, 0.25) is 0 Å². The monoisotopic (exact) mass is 350 g/mol. The van der Waals surface area contributed by atoms with Gasteiger partial charge >= 0.3 is 0 Å². The van der Waals surface area contributed by atoms with Gasteiger partial charge in [-0.2, -0.15) is 11.8 Å². The number of ether oxygens (including phenoxy) is 1. The minimum absolute atomic E-state index is 0.0657. The summed E-state index contributed by atoms with van der Waals surface area (Å²) in [7, 11) is 3.35. The van der Waals surface area contributed by atoms with Crippen LogP contribution < -0.4 is 20.7 Å². The molecular weight excluding hydrogens is 324 g/mol. The summed E-state index contributed by atoms with van der Waals surface area (Å²) in [6.45, 7) is 1.58. The van der Waals surface area contributed by atoms with Gasteiger partial charge in [0.25, 0.3) is 0 Å². The lowest BCUT2D eigenvalue weighted by Crippen LogP contribution is -2.44. The fourth-order valence-corrected chi connectivity index (χ4v) is 3.61. The van der Waals surface area contributed by atoms with Gasteiger partial charge in [0.05, 0.1) is 13.7 Å². The van der Waals surface area contributed by atoms with E-state index >= 15 is 0 Å². The van der Waals surface area contributed by atoms with Crippen LogP contribution in [-0.4, -0.2) is 50.1 Å². The predicted molar refractivity (Wildman–Crippen MR) is 99.7 cm³/mol. The molecule has 7 heteroatoms. The molecule has 1 unspecified atom stereocenters. The molecule has 1 aromatic rings. The van der Waals surface area contributed by atoms with Crippen LogP contribution in [0, 0.1) is 0 Å². The SMILES string of the molecule is CN=C(NCC(=O)NCc1ccc(OC)cc1)NCC1CCCS1. The van der Waals surface area contributed by atoms with Crippen LogP contribution in [0.25, 0.3) is 0 Å². The molecule has 0 saturated carbocycles. The predicted octanol–water partition coefficient (Wildman–Crippen LogP) is 1.37. The van der Waals surface area contributed by atoms with Crippen molar-refractivity contribution < 1.29 is 9.53 Å². The molecule has 1 heterocycles. The van der Waals surface area contributed by atoms with Crippen LogP contribution in [0.5, 0.6) is 5.75 Å². The number of hydrogen-bond donors (Lipinski definition) is 3. The molecule has 1 aromatic carbocycles. The zero-order chi connectivity index (χ0) is 17.2. The fraction of sp³-hybridized carbons (Fsp3) is 0.529. The van der Waals surface area contributed by atoms with Crippen molar-refractivity contribution in [2.45, 2.75) is 24.6 Å². The maximum absolute atomic E-state index is 11.9. The normalized spacial score (nSPS) is 17.4. The summed E-state index contributed by atoms with van der Waals surface area (Å²) >= 11 is 1.99. The minimum Gasteiger partial charge on any atom is -0.497 e. The van der Waals surface area contributed by atoms with Gasteiger partial charge in [0.1, 0.15) is 5.75 Å². The standard InChI is InChI=1S/C17H26N4O2S/c1-18-17(20-11-15-4-3-9-24-15)21-12-16(22)19-10-13-5-7-14(23-2)8-6-13/h5-8,15H,3-4,9-12H2,1-2H3,(H,19,22)(H2,18,20,21). The first-order valence-corrected chi connectivity index (χ1v) is 9.22. The molecule has 3 N–H and O–H groups in total. The van der Waals surface area contributed by atoms with E-state index in [1.165, 1.54) is 18.6 Å². The summed E-state index contributed by atoms with van der Waals surface area (Å²) in [5.41, 5.74) is 1.03. The molecule has 6 nitrogen and oxygen atoms in total. The van der Waals surface area contributed by atoms with E-state index in [0.717, 1.165) is 17.9 Å². The van der Waals surface area contributed by atoms with Crippen LogP contribution in [-0.2, 0) is 11.3 Å². The molecule has 0 spiro atoms. The number of hydrogen-bond acceptors (Lipinski definition) is 4. The van der Waals surface area contributed by atoms with E-state index in [1.54, 1.807) is 14.2 Å². The highest BCUT2D eigenvalue weighted by atomic mass is 32.2. The van der Waals surface area contributed by atoms with Gasteiger partial charge in [0, 0.05) is 25.4 Å². The van der Waals surface area contributed by atoms with E-state index in [9.17, 15) is 4.79 Å². The third-order valence-electron chi connectivity index (χ3n) is 3.81. The first-order chi connectivity index (χ1) is 11.7. The third-order valence-corrected chi connectivity index (χ3v) is 5.21. The molecule has 1 aliphatic rings. The van der Waals surface area contributed by atoms with E-state index in [-0.39, 0.29) is 12.5 Å². The van der Waals surface area contributed by atoms with Crippen LogP contribution in [0.4, 0.5) is 0 Å². The molecule has 1 amide bonds. The molecule has 1 atom stereocenters. The van der Waals surface area contributed by atoms with Crippen LogP contribution in [0.3, 0.4) is 0 Å². The van der Waals surface area contributed by atoms with Crippen molar-refractivity contribution in [2.24, 2.45) is 4.99 Å². The average Bonchev–Trinajstić information content (AvgIpc) is 3.14. The Bertz CT molecular complexity index is 542. The van der Waals surface area contributed by atoms with Gasteiger partial charge in [-0.1, -0.05) is 12.1 Å². The first-order valence-electron chi connectivity index (χ1n) is 8.17. The number of benzene rings is 1. The lowest BCUT2D eigenvalue weighted by Gasteiger charge is -2.14. The van der Waals surface area contributed by atoms with E-state index < -0.39 is 0 Å². The number of nitrogens with zero attached hydrogens (tertiary/aromatic N) is 1. The second-order valence-corrected chi connectivity index (χ2v) is 6.97. The van der Waals surface area contributed by atoms with Gasteiger partial charge in [-0.05, 0) is 36.3 Å². The second-order valence-electron chi connectivity index (χ2n) is 5.57. The molecule has 24 heavy (non-hydrogen) atoms. The molecule has 132 valence electrons. The zero-order valence-electron chi connectivity index (χ0n) is 14.3. The number of guanidine groups is 1. The van der Waals surface area contributed by atoms with Crippen molar-refractivity contribution in [2.75, 3.05) is 33.0 Å². The molecular formula is C17H26N4O2S. The molecule has 0 bridgehead atoms. The van der Waals surface area contributed by atoms with E-state index in [0.29, 0.717) is 17.8 Å². The quantitative estimate of drug-likeness (QED) is 0.512. The van der Waals surface area contributed by atoms with Crippen LogP contribution in [0.1, 0.15) is 18.4 Å². The fourth-order valence-electron chi connectivity index (χ4n) is 2.41. The average molecular weight is 350 g/mol. The van der Waals surface area contributed by atoms with Crippen LogP contribution in [0.15, 0.2) is 29.3 Å². The lowest BCUT2D eigenvalue weighted by atomic mass is 10.2. The molecule has 2 rings (SSSR count). The van der Waals surface area contributed by atoms with E-state index in [4.69, 9.17) is 4.74 Å². The summed E-state index contributed by atoms with van der Waals surface area (Å²) in [6, 6.07) is 7.64. The first kappa shape index (κ1) is 18.4. The number of nitrogens with one attached hydrogen (secondary N) is 3. The number of amides is 1. The Labute approximate surface area is 147 Å². The number of aliphatic imine (C=N–C) groups is 1. The molecule has 0 aromatic heterocycles. The van der Waals surface area contributed by atoms with Crippen molar-refractivity contribution >= 4 is 23.6 Å². The lowest BCUT2D eigenvalue weighted by molar-refractivity contribution is -0.120. The number of methoxy groups -OCH3 is 1. The number of carbonyl (C=O) groups is 1. The van der Waals surface area contributed by atoms with Crippen LogP contribution >= 0.6 is 11.8 Å². The van der Waals surface area contributed by atoms with Crippen molar-refractivity contribution in [3.63, 3.8) is 0 Å². The topological polar surface area (TPSA) is 74.8 Å². The Balaban J connectivity index is 1.65. The van der Waals surface area contributed by atoms with Crippen molar-refractivity contribution in [1.82, 2.24) is 16.0 Å². The Kier molecular flexibility index (Phi) is 7.74. The highest BCUT2D eigenvalue weighted by Gasteiger charge is 2.15. The number of rotatable bonds is 7. The summed E-state index contributed by atoms with van der Waals surface area (Å²) in [4.78, 5) is 16.1. The summed E-state index contributed by atoms with van der Waals surface area (Å²) in [6.07, 6.45) is 2.54. The largest absolute Gasteiger partial charge is 0.497 e. The molecule has 0 aliphatic carbocycles. The highest BCUT2D eigenvalue weighted by molar-refractivity contribution is 8.00. The van der Waals surface area contributed by atoms with Crippen molar-refractivity contribution in [3.8, 4) is 5.75 Å². The summed E-state index contributed by atoms with van der Waals surface area (Å²) in [5, 5.41) is 9.85. The zero-order valence-corrected chi connectivity index (χ0v) is 15.1. The Morgan fingerprint density at radius 2 is 2.08 bits per heavy atom. The van der Waals surface area contributed by atoms with Gasteiger partial charge in [-0.15, -0.1) is 0 Å². The maximum atomic E-state index is 11.9. The van der Waals surface area contributed by atoms with E-state index in [2.05, 4.69) is 20.9 Å². The van der Waals surface area contributed by atoms with Gasteiger partial charge in [0.2, 0.25) is 5.91 Å². The Hall–Kier alpha value is -1.89. The van der Waals surface area contributed by atoms with Gasteiger partial charge in [0.15, 0.2) is 5.96 Å². The Morgan fingerprint density at radius 1 is 1.29 bits per heavy atom. The molecule has 1 aliphatic heterocycles. The molecule has 1 fully saturated rings. The van der Waals surface area contributed by atoms with Crippen molar-refractivity contribution in [1.29, 1.82) is 0 Å². The smallest absolute Gasteiger partial charge is 0.239 e. The minimum atomic E-state index is -0.0657. The van der Waals surface area contributed by atoms with Gasteiger partial charge in [-0.25, -0.2) is 0 Å². The Morgan fingerprint density at radius 3 is 2.71 bits per heavy atom. The molecule has 0 radical (unpaired) electrons. The van der Waals surface area contributed by atoms with Gasteiger partial charge < -0.3 is 20.7 Å². The van der Waals surface area contributed by atoms with E-state index in [1.807, 2.05) is 36.0 Å². The summed E-state index contributed by atoms with van der Waals surface area (Å²) < 4.78 is 5.11. The van der Waals surface area contributed by atoms with Gasteiger partial charge in [-0.3, -0.25) is 9.79 Å². The number of thioether (sulfide) groups is 1. The summed E-state index contributed by atoms with van der Waals surface area (Å²) in [5.74, 6) is 2.65. The maximum Gasteiger partial charge on any atom is 0.239 e. The highest BCUT2D eigenvalue weighted by Crippen LogP contribution is 2.25. The van der Waals surface area contributed by atoms with Crippen molar-refractivity contribution in [3.05, 3.63) is 29.8 Å². The number of carbonyl (C=O) groups excluding carboxylic acids is 1. The second kappa shape index (κ2) is 10.1. The molecule has 1 saturated heterocycles.